The van der Waals surface area contributed by atoms with Gasteiger partial charge in [0.25, 0.3) is 5.56 Å². The van der Waals surface area contributed by atoms with Crippen LogP contribution in [0, 0.1) is 0 Å². The van der Waals surface area contributed by atoms with Crippen LogP contribution in [-0.2, 0) is 31.7 Å². The molecular weight excluding hydrogens is 568 g/mol. The van der Waals surface area contributed by atoms with Crippen LogP contribution in [0.25, 0.3) is 22.3 Å². The van der Waals surface area contributed by atoms with Crippen LogP contribution in [0.2, 0.25) is 0 Å². The maximum absolute atomic E-state index is 11.6. The molecule has 220 valence electrons. The normalized spacial score (nSPS) is 16.1. The molecule has 0 radical (unpaired) electrons. The van der Waals surface area contributed by atoms with Crippen molar-refractivity contribution >= 4 is 54.8 Å². The zero-order valence-corrected chi connectivity index (χ0v) is 24.1. The van der Waals surface area contributed by atoms with Gasteiger partial charge in [-0.05, 0) is 13.8 Å². The van der Waals surface area contributed by atoms with Gasteiger partial charge >= 0.3 is 0 Å². The van der Waals surface area contributed by atoms with Crippen molar-refractivity contribution in [2.75, 3.05) is 43.2 Å². The van der Waals surface area contributed by atoms with Crippen molar-refractivity contribution in [1.29, 1.82) is 0 Å². The summed E-state index contributed by atoms with van der Waals surface area (Å²) in [6, 6.07) is 0. The number of nitrogens with zero attached hydrogens (tertiary/aromatic N) is 7. The van der Waals surface area contributed by atoms with E-state index in [1.54, 1.807) is 29.3 Å². The smallest absolute Gasteiger partial charge is 0.280 e. The summed E-state index contributed by atoms with van der Waals surface area (Å²) in [4.78, 5) is 52.4. The minimum Gasteiger partial charge on any atom is -0.382 e. The Balaban J connectivity index is 0.000000220. The molecular formula is C20H33N11O7P2. The molecule has 20 heteroatoms. The second-order valence-electron chi connectivity index (χ2n) is 9.37. The minimum absolute atomic E-state index is 0.00578. The molecule has 0 saturated heterocycles. The highest BCUT2D eigenvalue weighted by atomic mass is 31.2. The number of nitrogens with two attached hydrogens (primary N) is 3. The van der Waals surface area contributed by atoms with Gasteiger partial charge in [0, 0.05) is 13.3 Å². The van der Waals surface area contributed by atoms with Crippen molar-refractivity contribution in [2.45, 2.75) is 39.1 Å². The standard InChI is InChI=1S/C10H17N6O3P.C10H16N5O4P/c1-6(19-5-20(2,17)18)3-16-4-13-7-8(11)14-10(12)15-9(7)16;1-6(19-5-20(2,17)18)3-15-4-12-7-8(15)13-10(11)14-9(7)16/h4,6H,3,5H2,1-2H3,(H,17,18)(H4,11,12,14,15);4,6H,3,5H2,1-2H3,(H,17,18)(H3,11,13,14,16)/t2*6-/m11/s1. The average Bonchev–Trinajstić information content (AvgIpc) is 3.40. The monoisotopic (exact) mass is 601 g/mol. The summed E-state index contributed by atoms with van der Waals surface area (Å²) in [5.41, 5.74) is 17.9. The quantitative estimate of drug-likeness (QED) is 0.133. The van der Waals surface area contributed by atoms with Gasteiger partial charge in [-0.2, -0.15) is 15.0 Å². The number of hydrogen-bond acceptors (Lipinski definition) is 13. The molecule has 0 amide bonds. The van der Waals surface area contributed by atoms with Gasteiger partial charge in [0.15, 0.2) is 22.6 Å². The second kappa shape index (κ2) is 12.4. The number of aromatic nitrogens is 8. The number of hydrogen-bond donors (Lipinski definition) is 6. The van der Waals surface area contributed by atoms with Crippen molar-refractivity contribution in [2.24, 2.45) is 0 Å². The van der Waals surface area contributed by atoms with Crippen LogP contribution < -0.4 is 22.8 Å². The molecule has 4 aromatic rings. The first-order chi connectivity index (χ1) is 18.5. The summed E-state index contributed by atoms with van der Waals surface area (Å²) in [7, 11) is -6.40. The fourth-order valence-electron chi connectivity index (χ4n) is 3.41. The van der Waals surface area contributed by atoms with E-state index in [0.717, 1.165) is 0 Å². The number of aromatic amines is 1. The first kappa shape index (κ1) is 31.1. The van der Waals surface area contributed by atoms with Crippen molar-refractivity contribution in [3.05, 3.63) is 23.0 Å². The lowest BCUT2D eigenvalue weighted by Gasteiger charge is -2.15. The van der Waals surface area contributed by atoms with Gasteiger partial charge in [-0.15, -0.1) is 0 Å². The fourth-order valence-corrected chi connectivity index (χ4v) is 4.47. The molecule has 18 nitrogen and oxygen atoms in total. The summed E-state index contributed by atoms with van der Waals surface area (Å²) in [6.45, 7) is 6.77. The van der Waals surface area contributed by atoms with Crippen LogP contribution in [0.4, 0.5) is 17.7 Å². The van der Waals surface area contributed by atoms with Gasteiger partial charge in [0.05, 0.1) is 38.0 Å². The van der Waals surface area contributed by atoms with Crippen LogP contribution >= 0.6 is 14.7 Å². The molecule has 0 fully saturated rings. The van der Waals surface area contributed by atoms with Crippen molar-refractivity contribution in [3.63, 3.8) is 0 Å². The molecule has 4 rings (SSSR count). The summed E-state index contributed by atoms with van der Waals surface area (Å²) >= 11 is 0. The van der Waals surface area contributed by atoms with Crippen LogP contribution in [0.3, 0.4) is 0 Å². The molecule has 4 heterocycles. The summed E-state index contributed by atoms with van der Waals surface area (Å²) in [5, 5.41) is 0. The molecule has 9 N–H and O–H groups in total. The van der Waals surface area contributed by atoms with Gasteiger partial charge in [-0.25, -0.2) is 9.97 Å². The number of nitrogen functional groups attached to an aromatic ring is 3. The molecule has 4 atom stereocenters. The van der Waals surface area contributed by atoms with Crippen LogP contribution in [0.1, 0.15) is 13.8 Å². The lowest BCUT2D eigenvalue weighted by molar-refractivity contribution is 0.0829. The number of rotatable bonds is 10. The number of imidazole rings is 2. The number of nitrogens with one attached hydrogen (secondary N) is 1. The van der Waals surface area contributed by atoms with E-state index in [4.69, 9.17) is 26.7 Å². The summed E-state index contributed by atoms with van der Waals surface area (Å²) in [6.07, 6.45) is 1.97. The van der Waals surface area contributed by atoms with E-state index in [-0.39, 0.29) is 48.1 Å². The Morgan fingerprint density at radius 2 is 1.35 bits per heavy atom. The maximum atomic E-state index is 11.6. The van der Waals surface area contributed by atoms with Gasteiger partial charge in [0.1, 0.15) is 18.2 Å². The third kappa shape index (κ3) is 8.81. The van der Waals surface area contributed by atoms with Crippen LogP contribution in [0.5, 0.6) is 0 Å². The molecule has 40 heavy (non-hydrogen) atoms. The number of anilines is 3. The van der Waals surface area contributed by atoms with E-state index in [0.29, 0.717) is 29.9 Å². The molecule has 0 aliphatic rings. The van der Waals surface area contributed by atoms with Gasteiger partial charge in [-0.3, -0.25) is 18.9 Å². The van der Waals surface area contributed by atoms with E-state index in [1.165, 1.54) is 19.7 Å². The Hall–Kier alpha value is -3.40. The molecule has 0 bridgehead atoms. The maximum Gasteiger partial charge on any atom is 0.280 e. The lowest BCUT2D eigenvalue weighted by atomic mass is 10.4. The molecule has 0 saturated carbocycles. The molecule has 0 aromatic carbocycles. The summed E-state index contributed by atoms with van der Waals surface area (Å²) in [5.74, 6) is 0.290. The predicted molar refractivity (Wildman–Crippen MR) is 149 cm³/mol. The lowest BCUT2D eigenvalue weighted by Crippen LogP contribution is -2.18. The molecule has 0 aliphatic carbocycles. The molecule has 0 aliphatic heterocycles. The fraction of sp³-hybridized carbons (Fsp3) is 0.500. The van der Waals surface area contributed by atoms with Crippen molar-refractivity contribution in [1.82, 2.24) is 39.0 Å². The summed E-state index contributed by atoms with van der Waals surface area (Å²) < 4.78 is 36.3. The van der Waals surface area contributed by atoms with Crippen LogP contribution in [-0.4, -0.2) is 87.1 Å². The Bertz CT molecular complexity index is 1620. The van der Waals surface area contributed by atoms with Gasteiger partial charge in [-0.1, -0.05) is 0 Å². The van der Waals surface area contributed by atoms with Crippen molar-refractivity contribution in [3.8, 4) is 0 Å². The average molecular weight is 602 g/mol. The first-order valence-electron chi connectivity index (χ1n) is 11.8. The van der Waals surface area contributed by atoms with E-state index in [9.17, 15) is 23.7 Å². The van der Waals surface area contributed by atoms with Gasteiger partial charge < -0.3 is 45.6 Å². The zero-order chi connectivity index (χ0) is 29.8. The largest absolute Gasteiger partial charge is 0.382 e. The van der Waals surface area contributed by atoms with E-state index >= 15 is 0 Å². The van der Waals surface area contributed by atoms with E-state index < -0.39 is 20.3 Å². The predicted octanol–water partition coefficient (Wildman–Crippen LogP) is 0.218. The second-order valence-corrected chi connectivity index (χ2v) is 14.1. The minimum atomic E-state index is -3.21. The highest BCUT2D eigenvalue weighted by Gasteiger charge is 2.17. The Labute approximate surface area is 227 Å². The first-order valence-corrected chi connectivity index (χ1v) is 16.4. The highest BCUT2D eigenvalue weighted by molar-refractivity contribution is 7.57. The highest BCUT2D eigenvalue weighted by Crippen LogP contribution is 2.35. The third-order valence-corrected chi connectivity index (χ3v) is 6.36. The molecule has 4 aromatic heterocycles. The molecule has 2 unspecified atom stereocenters. The number of H-pyrrole nitrogens is 1. The topological polar surface area (TPSA) is 278 Å². The van der Waals surface area contributed by atoms with E-state index in [1.807, 2.05) is 0 Å². The number of fused-ring (bicyclic) bond motifs is 2. The SMILES string of the molecule is C[C@H](Cn1cnc2c(=O)[nH]c(N)nc21)OCP(C)(=O)O.C[C@H](Cn1cnc2c(N)nc(N)nc21)OCP(C)(=O)O. The Morgan fingerprint density at radius 1 is 0.875 bits per heavy atom. The van der Waals surface area contributed by atoms with Gasteiger partial charge in [0.2, 0.25) is 26.6 Å². The Morgan fingerprint density at radius 3 is 1.85 bits per heavy atom. The Kier molecular flexibility index (Phi) is 9.66. The molecule has 0 spiro atoms. The third-order valence-electron chi connectivity index (χ3n) is 5.11. The zero-order valence-electron chi connectivity index (χ0n) is 22.3. The van der Waals surface area contributed by atoms with Crippen LogP contribution in [0.15, 0.2) is 17.4 Å². The number of ether oxygens (including phenoxy) is 2. The van der Waals surface area contributed by atoms with E-state index in [2.05, 4.69) is 29.9 Å². The van der Waals surface area contributed by atoms with Crippen molar-refractivity contribution < 1.29 is 28.4 Å².